The van der Waals surface area contributed by atoms with Gasteiger partial charge in [-0.2, -0.15) is 0 Å². The number of nitrogens with one attached hydrogen (secondary N) is 1. The van der Waals surface area contributed by atoms with Gasteiger partial charge in [-0.25, -0.2) is 0 Å². The van der Waals surface area contributed by atoms with Gasteiger partial charge in [0.15, 0.2) is 6.29 Å². The summed E-state index contributed by atoms with van der Waals surface area (Å²) in [5.74, 6) is -0.179. The number of aliphatic hydroxyl groups excluding tert-OH is 5. The van der Waals surface area contributed by atoms with Gasteiger partial charge >= 0.3 is 0 Å². The Morgan fingerprint density at radius 3 is 1.66 bits per heavy atom. The number of aliphatic hydroxyl groups is 5. The van der Waals surface area contributed by atoms with E-state index < -0.39 is 49.5 Å². The number of hydrogen-bond acceptors (Lipinski definition) is 8. The third kappa shape index (κ3) is 21.6. The highest BCUT2D eigenvalue weighted by atomic mass is 16.7. The van der Waals surface area contributed by atoms with Gasteiger partial charge in [0.25, 0.3) is 0 Å². The van der Waals surface area contributed by atoms with Crippen LogP contribution in [0.5, 0.6) is 0 Å². The van der Waals surface area contributed by atoms with Gasteiger partial charge in [-0.1, -0.05) is 154 Å². The number of ether oxygens (including phenoxy) is 2. The lowest BCUT2D eigenvalue weighted by Gasteiger charge is -2.40. The van der Waals surface area contributed by atoms with Crippen LogP contribution in [0.3, 0.4) is 0 Å². The Morgan fingerprint density at radius 1 is 0.702 bits per heavy atom. The summed E-state index contributed by atoms with van der Waals surface area (Å²) in [6, 6.07) is -0.795. The summed E-state index contributed by atoms with van der Waals surface area (Å²) in [5, 5.41) is 53.8. The average molecular weight is 672 g/mol. The standard InChI is InChI=1S/C38H73NO8/c1-3-5-7-9-11-13-14-15-16-17-18-20-22-24-26-28-34(42)39-31(32(41)27-25-23-21-19-12-10-8-6-4-2)30-46-38-37(45)36(44)35(43)33(29-40)47-38/h25,27,31-33,35-38,40-41,43-45H,3-24,26,28-30H2,1-2H3,(H,39,42)/b27-25+/t31-,32+,33+,35-,36?,37?,38+/m0/s1. The third-order valence-corrected chi connectivity index (χ3v) is 9.36. The first-order valence-electron chi connectivity index (χ1n) is 19.4. The molecule has 47 heavy (non-hydrogen) atoms. The summed E-state index contributed by atoms with van der Waals surface area (Å²) in [6.45, 7) is 3.72. The molecule has 0 aromatic carbocycles. The Bertz CT molecular complexity index is 751. The van der Waals surface area contributed by atoms with Gasteiger partial charge < -0.3 is 40.3 Å². The SMILES string of the molecule is CCCCCCCCC/C=C/[C@@H](O)[C@H](CO[C@@H]1O[C@H](CO)[C@H](O)C(O)C1O)NC(=O)CCCCCCCCCCCCCCCCC. The van der Waals surface area contributed by atoms with Gasteiger partial charge in [-0.3, -0.25) is 4.79 Å². The van der Waals surface area contributed by atoms with Crippen LogP contribution in [-0.4, -0.2) is 87.5 Å². The molecular formula is C38H73NO8. The second-order valence-corrected chi connectivity index (χ2v) is 13.7. The van der Waals surface area contributed by atoms with Gasteiger partial charge in [0.1, 0.15) is 24.4 Å². The molecule has 0 aromatic heterocycles. The minimum absolute atomic E-state index is 0.179. The van der Waals surface area contributed by atoms with Crippen molar-refractivity contribution in [2.45, 2.75) is 211 Å². The largest absolute Gasteiger partial charge is 0.394 e. The van der Waals surface area contributed by atoms with E-state index >= 15 is 0 Å². The highest BCUT2D eigenvalue weighted by molar-refractivity contribution is 5.76. The molecule has 9 heteroatoms. The molecule has 6 N–H and O–H groups in total. The summed E-state index contributed by atoms with van der Waals surface area (Å²) >= 11 is 0. The zero-order valence-electron chi connectivity index (χ0n) is 30.0. The molecule has 1 amide bonds. The van der Waals surface area contributed by atoms with Crippen LogP contribution in [0.1, 0.15) is 168 Å². The molecule has 1 fully saturated rings. The summed E-state index contributed by atoms with van der Waals surface area (Å²) in [7, 11) is 0. The molecule has 0 radical (unpaired) electrons. The van der Waals surface area contributed by atoms with Crippen LogP contribution in [0.25, 0.3) is 0 Å². The molecular weight excluding hydrogens is 598 g/mol. The van der Waals surface area contributed by atoms with E-state index in [-0.39, 0.29) is 12.5 Å². The average Bonchev–Trinajstić information content (AvgIpc) is 3.07. The minimum atomic E-state index is -1.56. The lowest BCUT2D eigenvalue weighted by Crippen LogP contribution is -2.60. The quantitative estimate of drug-likeness (QED) is 0.0357. The van der Waals surface area contributed by atoms with Crippen molar-refractivity contribution in [1.29, 1.82) is 0 Å². The summed E-state index contributed by atoms with van der Waals surface area (Å²) in [6.07, 6.45) is 24.0. The first-order chi connectivity index (χ1) is 22.8. The lowest BCUT2D eigenvalue weighted by molar-refractivity contribution is -0.302. The monoisotopic (exact) mass is 672 g/mol. The number of amides is 1. The topological polar surface area (TPSA) is 149 Å². The van der Waals surface area contributed by atoms with Gasteiger partial charge in [0.2, 0.25) is 5.91 Å². The summed E-state index contributed by atoms with van der Waals surface area (Å²) in [4.78, 5) is 12.8. The molecule has 2 unspecified atom stereocenters. The maximum absolute atomic E-state index is 12.8. The van der Waals surface area contributed by atoms with Crippen LogP contribution >= 0.6 is 0 Å². The molecule has 1 aliphatic rings. The Balaban J connectivity index is 2.41. The Labute approximate surface area is 286 Å². The van der Waals surface area contributed by atoms with Crippen molar-refractivity contribution in [2.75, 3.05) is 13.2 Å². The fourth-order valence-corrected chi connectivity index (χ4v) is 6.15. The van der Waals surface area contributed by atoms with Crippen molar-refractivity contribution in [3.05, 3.63) is 12.2 Å². The Hall–Kier alpha value is -1.07. The highest BCUT2D eigenvalue weighted by Crippen LogP contribution is 2.22. The Kier molecular flexibility index (Phi) is 27.9. The predicted octanol–water partition coefficient (Wildman–Crippen LogP) is 6.61. The first-order valence-corrected chi connectivity index (χ1v) is 19.4. The molecule has 1 heterocycles. The molecule has 0 bridgehead atoms. The summed E-state index contributed by atoms with van der Waals surface area (Å²) in [5.41, 5.74) is 0. The molecule has 1 saturated heterocycles. The maximum Gasteiger partial charge on any atom is 0.220 e. The molecule has 1 rings (SSSR count). The second-order valence-electron chi connectivity index (χ2n) is 13.7. The van der Waals surface area contributed by atoms with E-state index in [1.165, 1.54) is 109 Å². The molecule has 0 spiro atoms. The molecule has 1 aliphatic heterocycles. The maximum atomic E-state index is 12.8. The number of unbranched alkanes of at least 4 members (excludes halogenated alkanes) is 21. The van der Waals surface area contributed by atoms with Gasteiger partial charge in [-0.05, 0) is 19.3 Å². The van der Waals surface area contributed by atoms with E-state index in [9.17, 15) is 30.3 Å². The number of rotatable bonds is 31. The van der Waals surface area contributed by atoms with Crippen LogP contribution in [-0.2, 0) is 14.3 Å². The van der Waals surface area contributed by atoms with Crippen molar-refractivity contribution < 1.29 is 39.8 Å². The molecule has 0 aromatic rings. The normalized spacial score (nSPS) is 22.9. The van der Waals surface area contributed by atoms with Crippen LogP contribution in [0, 0.1) is 0 Å². The van der Waals surface area contributed by atoms with E-state index in [2.05, 4.69) is 19.2 Å². The van der Waals surface area contributed by atoms with E-state index in [0.29, 0.717) is 6.42 Å². The number of hydrogen-bond donors (Lipinski definition) is 6. The number of carbonyl (C=O) groups is 1. The van der Waals surface area contributed by atoms with E-state index in [4.69, 9.17) is 9.47 Å². The van der Waals surface area contributed by atoms with Crippen molar-refractivity contribution in [1.82, 2.24) is 5.32 Å². The van der Waals surface area contributed by atoms with Crippen molar-refractivity contribution in [2.24, 2.45) is 0 Å². The van der Waals surface area contributed by atoms with Crippen molar-refractivity contribution in [3.8, 4) is 0 Å². The van der Waals surface area contributed by atoms with E-state index in [1.807, 2.05) is 6.08 Å². The zero-order valence-corrected chi connectivity index (χ0v) is 30.0. The minimum Gasteiger partial charge on any atom is -0.394 e. The summed E-state index contributed by atoms with van der Waals surface area (Å²) < 4.78 is 11.1. The number of carbonyl (C=O) groups excluding carboxylic acids is 1. The van der Waals surface area contributed by atoms with Crippen molar-refractivity contribution >= 4 is 5.91 Å². The fraction of sp³-hybridized carbons (Fsp3) is 0.921. The smallest absolute Gasteiger partial charge is 0.220 e. The fourth-order valence-electron chi connectivity index (χ4n) is 6.15. The Morgan fingerprint density at radius 2 is 1.17 bits per heavy atom. The van der Waals surface area contributed by atoms with Crippen LogP contribution in [0.15, 0.2) is 12.2 Å². The highest BCUT2D eigenvalue weighted by Gasteiger charge is 2.44. The number of allylic oxidation sites excluding steroid dienone is 1. The first kappa shape index (κ1) is 44.0. The molecule has 9 nitrogen and oxygen atoms in total. The molecule has 278 valence electrons. The second kappa shape index (κ2) is 29.8. The van der Waals surface area contributed by atoms with E-state index in [0.717, 1.165) is 38.5 Å². The van der Waals surface area contributed by atoms with Gasteiger partial charge in [0, 0.05) is 6.42 Å². The van der Waals surface area contributed by atoms with Gasteiger partial charge in [0.05, 0.1) is 25.4 Å². The predicted molar refractivity (Wildman–Crippen MR) is 189 cm³/mol. The third-order valence-electron chi connectivity index (χ3n) is 9.36. The molecule has 0 aliphatic carbocycles. The lowest BCUT2D eigenvalue weighted by atomic mass is 9.99. The molecule has 0 saturated carbocycles. The van der Waals surface area contributed by atoms with Crippen LogP contribution in [0.4, 0.5) is 0 Å². The van der Waals surface area contributed by atoms with Crippen LogP contribution < -0.4 is 5.32 Å². The van der Waals surface area contributed by atoms with Crippen LogP contribution in [0.2, 0.25) is 0 Å². The zero-order chi connectivity index (χ0) is 34.5. The molecule has 7 atom stereocenters. The van der Waals surface area contributed by atoms with Crippen molar-refractivity contribution in [3.63, 3.8) is 0 Å². The van der Waals surface area contributed by atoms with E-state index in [1.54, 1.807) is 6.08 Å². The van der Waals surface area contributed by atoms with Gasteiger partial charge in [-0.15, -0.1) is 0 Å².